The van der Waals surface area contributed by atoms with Crippen molar-refractivity contribution in [3.05, 3.63) is 41.7 Å². The van der Waals surface area contributed by atoms with Crippen molar-refractivity contribution >= 4 is 11.6 Å². The van der Waals surface area contributed by atoms with E-state index in [0.717, 1.165) is 30.1 Å². The second kappa shape index (κ2) is 6.32. The lowest BCUT2D eigenvalue weighted by molar-refractivity contribution is 0.0739. The molecule has 1 fully saturated rings. The van der Waals surface area contributed by atoms with E-state index in [4.69, 9.17) is 4.74 Å². The number of amides is 1. The summed E-state index contributed by atoms with van der Waals surface area (Å²) in [5.41, 5.74) is 2.65. The Morgan fingerprint density at radius 2 is 1.78 bits per heavy atom. The number of methoxy groups -OCH3 is 1. The number of carbonyl (C=O) groups is 1. The lowest BCUT2D eigenvalue weighted by Crippen LogP contribution is -2.49. The molecule has 0 bridgehead atoms. The maximum absolute atomic E-state index is 12.6. The Labute approximate surface area is 136 Å². The van der Waals surface area contributed by atoms with Gasteiger partial charge in [0.2, 0.25) is 0 Å². The molecule has 0 N–H and O–H groups in total. The molecule has 122 valence electrons. The highest BCUT2D eigenvalue weighted by molar-refractivity contribution is 5.93. The molecule has 6 heteroatoms. The van der Waals surface area contributed by atoms with Crippen LogP contribution in [0.15, 0.2) is 30.5 Å². The van der Waals surface area contributed by atoms with E-state index in [2.05, 4.69) is 22.1 Å². The summed E-state index contributed by atoms with van der Waals surface area (Å²) < 4.78 is 6.88. The minimum atomic E-state index is 0.0254. The molecular formula is C17H22N4O2. The molecule has 0 radical (unpaired) electrons. The first kappa shape index (κ1) is 15.4. The third kappa shape index (κ3) is 3.16. The van der Waals surface area contributed by atoms with E-state index in [1.165, 1.54) is 0 Å². The van der Waals surface area contributed by atoms with Gasteiger partial charge in [-0.2, -0.15) is 5.10 Å². The van der Waals surface area contributed by atoms with Crippen molar-refractivity contribution < 1.29 is 9.53 Å². The van der Waals surface area contributed by atoms with Gasteiger partial charge in [-0.15, -0.1) is 0 Å². The molecule has 6 nitrogen and oxygen atoms in total. The molecular weight excluding hydrogens is 292 g/mol. The van der Waals surface area contributed by atoms with Crippen LogP contribution in [-0.4, -0.2) is 53.9 Å². The molecule has 1 aromatic carbocycles. The summed E-state index contributed by atoms with van der Waals surface area (Å²) in [6.45, 7) is 4.99. The number of benzene rings is 1. The van der Waals surface area contributed by atoms with Crippen LogP contribution in [0.3, 0.4) is 0 Å². The number of hydrogen-bond acceptors (Lipinski definition) is 4. The molecule has 1 aliphatic heterocycles. The summed E-state index contributed by atoms with van der Waals surface area (Å²) in [5.74, 6) is 0.880. The van der Waals surface area contributed by atoms with Crippen LogP contribution in [0.4, 0.5) is 5.69 Å². The molecule has 0 saturated carbocycles. The predicted octanol–water partition coefficient (Wildman–Crippen LogP) is 1.70. The fourth-order valence-corrected chi connectivity index (χ4v) is 2.93. The second-order valence-electron chi connectivity index (χ2n) is 5.81. The van der Waals surface area contributed by atoms with Crippen molar-refractivity contribution in [2.45, 2.75) is 6.92 Å². The lowest BCUT2D eigenvalue weighted by Gasteiger charge is -2.36. The summed E-state index contributed by atoms with van der Waals surface area (Å²) >= 11 is 0. The van der Waals surface area contributed by atoms with Crippen LogP contribution < -0.4 is 9.64 Å². The van der Waals surface area contributed by atoms with Gasteiger partial charge in [0.25, 0.3) is 5.91 Å². The number of aromatic nitrogens is 2. The molecule has 1 aliphatic rings. The molecule has 1 saturated heterocycles. The Balaban J connectivity index is 1.63. The van der Waals surface area contributed by atoms with Crippen LogP contribution in [0.25, 0.3) is 0 Å². The van der Waals surface area contributed by atoms with Crippen LogP contribution in [0.5, 0.6) is 5.75 Å². The number of nitrogens with zero attached hydrogens (tertiary/aromatic N) is 4. The molecule has 1 amide bonds. The fourth-order valence-electron chi connectivity index (χ4n) is 2.93. The van der Waals surface area contributed by atoms with Gasteiger partial charge >= 0.3 is 0 Å². The van der Waals surface area contributed by atoms with Gasteiger partial charge in [-0.25, -0.2) is 0 Å². The van der Waals surface area contributed by atoms with E-state index in [0.29, 0.717) is 18.8 Å². The van der Waals surface area contributed by atoms with Crippen molar-refractivity contribution in [3.8, 4) is 5.75 Å². The number of anilines is 1. The topological polar surface area (TPSA) is 50.6 Å². The van der Waals surface area contributed by atoms with E-state index >= 15 is 0 Å². The van der Waals surface area contributed by atoms with Crippen LogP contribution in [0.2, 0.25) is 0 Å². The van der Waals surface area contributed by atoms with Gasteiger partial charge in [0.05, 0.1) is 7.11 Å². The van der Waals surface area contributed by atoms with Gasteiger partial charge in [-0.05, 0) is 31.2 Å². The summed E-state index contributed by atoms with van der Waals surface area (Å²) in [6, 6.07) is 8.03. The average molecular weight is 314 g/mol. The zero-order valence-electron chi connectivity index (χ0n) is 13.8. The van der Waals surface area contributed by atoms with Crippen LogP contribution in [-0.2, 0) is 7.05 Å². The number of ether oxygens (including phenoxy) is 1. The summed E-state index contributed by atoms with van der Waals surface area (Å²) in [4.78, 5) is 16.7. The quantitative estimate of drug-likeness (QED) is 0.865. The highest BCUT2D eigenvalue weighted by Crippen LogP contribution is 2.21. The fraction of sp³-hybridized carbons (Fsp3) is 0.412. The van der Waals surface area contributed by atoms with Gasteiger partial charge in [0.1, 0.15) is 5.75 Å². The smallest absolute Gasteiger partial charge is 0.274 e. The molecule has 2 aromatic rings. The second-order valence-corrected chi connectivity index (χ2v) is 5.81. The average Bonchev–Trinajstić information content (AvgIpc) is 2.93. The highest BCUT2D eigenvalue weighted by Gasteiger charge is 2.25. The van der Waals surface area contributed by atoms with E-state index in [1.54, 1.807) is 11.8 Å². The first-order chi connectivity index (χ1) is 11.1. The number of aryl methyl sites for hydroxylation is 2. The third-order valence-corrected chi connectivity index (χ3v) is 4.22. The number of carbonyl (C=O) groups excluding carboxylic acids is 1. The van der Waals surface area contributed by atoms with Crippen molar-refractivity contribution in [2.75, 3.05) is 38.2 Å². The SMILES string of the molecule is COc1ccc(N2CCN(C(=O)c3nn(C)cc3C)CC2)cc1. The van der Waals surface area contributed by atoms with E-state index in [1.807, 2.05) is 37.2 Å². The van der Waals surface area contributed by atoms with Crippen molar-refractivity contribution in [1.29, 1.82) is 0 Å². The first-order valence-corrected chi connectivity index (χ1v) is 7.77. The maximum Gasteiger partial charge on any atom is 0.274 e. The van der Waals surface area contributed by atoms with Gasteiger partial charge in [0, 0.05) is 50.7 Å². The monoisotopic (exact) mass is 314 g/mol. The molecule has 0 aliphatic carbocycles. The Bertz CT molecular complexity index is 685. The molecule has 0 atom stereocenters. The molecule has 23 heavy (non-hydrogen) atoms. The predicted molar refractivity (Wildman–Crippen MR) is 89.1 cm³/mol. The van der Waals surface area contributed by atoms with Gasteiger partial charge < -0.3 is 14.5 Å². The number of rotatable bonds is 3. The van der Waals surface area contributed by atoms with Crippen molar-refractivity contribution in [3.63, 3.8) is 0 Å². The molecule has 0 unspecified atom stereocenters. The van der Waals surface area contributed by atoms with Gasteiger partial charge in [-0.1, -0.05) is 0 Å². The molecule has 2 heterocycles. The van der Waals surface area contributed by atoms with E-state index < -0.39 is 0 Å². The molecule has 3 rings (SSSR count). The molecule has 1 aromatic heterocycles. The zero-order valence-corrected chi connectivity index (χ0v) is 13.8. The minimum absolute atomic E-state index is 0.0254. The zero-order chi connectivity index (χ0) is 16.4. The minimum Gasteiger partial charge on any atom is -0.497 e. The standard InChI is InChI=1S/C17H22N4O2/c1-13-12-19(2)18-16(13)17(22)21-10-8-20(9-11-21)14-4-6-15(23-3)7-5-14/h4-7,12H,8-11H2,1-3H3. The van der Waals surface area contributed by atoms with Crippen molar-refractivity contribution in [2.24, 2.45) is 7.05 Å². The summed E-state index contributed by atoms with van der Waals surface area (Å²) in [5, 5.41) is 4.28. The van der Waals surface area contributed by atoms with E-state index in [-0.39, 0.29) is 5.91 Å². The molecule has 0 spiro atoms. The van der Waals surface area contributed by atoms with Crippen molar-refractivity contribution in [1.82, 2.24) is 14.7 Å². The maximum atomic E-state index is 12.6. The van der Waals surface area contributed by atoms with E-state index in [9.17, 15) is 4.79 Å². The Hall–Kier alpha value is -2.50. The Kier molecular flexibility index (Phi) is 4.23. The van der Waals surface area contributed by atoms with Crippen LogP contribution in [0, 0.1) is 6.92 Å². The summed E-state index contributed by atoms with van der Waals surface area (Å²) in [7, 11) is 3.50. The highest BCUT2D eigenvalue weighted by atomic mass is 16.5. The Morgan fingerprint density at radius 3 is 2.30 bits per heavy atom. The first-order valence-electron chi connectivity index (χ1n) is 7.77. The third-order valence-electron chi connectivity index (χ3n) is 4.22. The van der Waals surface area contributed by atoms with Gasteiger partial charge in [0.15, 0.2) is 5.69 Å². The summed E-state index contributed by atoms with van der Waals surface area (Å²) in [6.07, 6.45) is 1.88. The lowest BCUT2D eigenvalue weighted by atomic mass is 10.2. The van der Waals surface area contributed by atoms with Gasteiger partial charge in [-0.3, -0.25) is 9.48 Å². The van der Waals surface area contributed by atoms with Crippen LogP contribution >= 0.6 is 0 Å². The van der Waals surface area contributed by atoms with Crippen LogP contribution in [0.1, 0.15) is 16.1 Å². The number of piperazine rings is 1. The largest absolute Gasteiger partial charge is 0.497 e. The normalized spacial score (nSPS) is 14.9. The number of hydrogen-bond donors (Lipinski definition) is 0. The Morgan fingerprint density at radius 1 is 1.13 bits per heavy atom.